The Morgan fingerprint density at radius 2 is 1.89 bits per heavy atom. The maximum atomic E-state index is 14.0. The number of anilines is 1. The highest BCUT2D eigenvalue weighted by molar-refractivity contribution is 6.00. The normalized spacial score (nSPS) is 14.9. The van der Waals surface area contributed by atoms with Crippen molar-refractivity contribution in [3.05, 3.63) is 77.1 Å². The zero-order chi connectivity index (χ0) is 32.2. The quantitative estimate of drug-likeness (QED) is 0.409. The number of benzene rings is 2. The number of aromatic nitrogens is 2. The zero-order valence-corrected chi connectivity index (χ0v) is 25.5. The van der Waals surface area contributed by atoms with Gasteiger partial charge in [0.1, 0.15) is 35.6 Å². The number of carbonyl (C=O) groups is 3. The SMILES string of the molecule is CN1C(=O)C(NC(=O)n2cc(Cc3ccc(F)cc3F)cn2)COc2ccc(C#CC(C)(C)CNC(=O)OC(C)(C)C)cc21. The number of nitrogens with one attached hydrogen (secondary N) is 2. The number of ether oxygens (including phenoxy) is 2. The molecule has 0 aliphatic carbocycles. The first-order valence-electron chi connectivity index (χ1n) is 13.9. The van der Waals surface area contributed by atoms with Crippen molar-refractivity contribution in [3.8, 4) is 17.6 Å². The Morgan fingerprint density at radius 3 is 2.59 bits per heavy atom. The highest BCUT2D eigenvalue weighted by Gasteiger charge is 2.31. The van der Waals surface area contributed by atoms with Gasteiger partial charge in [-0.25, -0.2) is 18.4 Å². The van der Waals surface area contributed by atoms with Crippen LogP contribution in [0, 0.1) is 28.9 Å². The first-order chi connectivity index (χ1) is 20.6. The number of nitrogens with zero attached hydrogens (tertiary/aromatic N) is 3. The Morgan fingerprint density at radius 1 is 1.14 bits per heavy atom. The second-order valence-corrected chi connectivity index (χ2v) is 12.1. The van der Waals surface area contributed by atoms with E-state index < -0.39 is 46.7 Å². The summed E-state index contributed by atoms with van der Waals surface area (Å²) in [7, 11) is 1.57. The van der Waals surface area contributed by atoms with Crippen molar-refractivity contribution in [2.24, 2.45) is 5.41 Å². The molecule has 1 aliphatic heterocycles. The Labute approximate surface area is 254 Å². The van der Waals surface area contributed by atoms with Crippen molar-refractivity contribution in [2.45, 2.75) is 52.7 Å². The number of hydrogen-bond acceptors (Lipinski definition) is 6. The summed E-state index contributed by atoms with van der Waals surface area (Å²) in [5.74, 6) is 4.90. The Hall–Kier alpha value is -4.92. The van der Waals surface area contributed by atoms with Crippen LogP contribution in [0.25, 0.3) is 0 Å². The minimum Gasteiger partial charge on any atom is -0.489 e. The molecule has 0 bridgehead atoms. The molecule has 1 atom stereocenters. The Bertz CT molecular complexity index is 1630. The minimum absolute atomic E-state index is 0.103. The fourth-order valence-corrected chi connectivity index (χ4v) is 4.24. The lowest BCUT2D eigenvalue weighted by atomic mass is 9.94. The van der Waals surface area contributed by atoms with Gasteiger partial charge in [0.2, 0.25) is 0 Å². The van der Waals surface area contributed by atoms with Crippen molar-refractivity contribution in [1.82, 2.24) is 20.4 Å². The van der Waals surface area contributed by atoms with E-state index in [-0.39, 0.29) is 25.1 Å². The number of carbonyl (C=O) groups excluding carboxylic acids is 3. The zero-order valence-electron chi connectivity index (χ0n) is 25.5. The second-order valence-electron chi connectivity index (χ2n) is 12.1. The number of alkyl carbamates (subject to hydrolysis) is 1. The van der Waals surface area contributed by atoms with Crippen molar-refractivity contribution in [1.29, 1.82) is 0 Å². The van der Waals surface area contributed by atoms with E-state index in [1.165, 1.54) is 23.4 Å². The summed E-state index contributed by atoms with van der Waals surface area (Å²) in [4.78, 5) is 39.6. The maximum Gasteiger partial charge on any atom is 0.407 e. The summed E-state index contributed by atoms with van der Waals surface area (Å²) in [6, 6.07) is 6.77. The van der Waals surface area contributed by atoms with Crippen LogP contribution in [0.5, 0.6) is 5.75 Å². The largest absolute Gasteiger partial charge is 0.489 e. The van der Waals surface area contributed by atoms with Crippen molar-refractivity contribution >= 4 is 23.7 Å². The summed E-state index contributed by atoms with van der Waals surface area (Å²) < 4.78 is 39.4. The summed E-state index contributed by atoms with van der Waals surface area (Å²) in [5, 5.41) is 9.38. The van der Waals surface area contributed by atoms with E-state index in [2.05, 4.69) is 27.6 Å². The highest BCUT2D eigenvalue weighted by Crippen LogP contribution is 2.31. The number of hydrogen-bond donors (Lipinski definition) is 2. The third kappa shape index (κ3) is 8.34. The maximum absolute atomic E-state index is 14.0. The molecule has 4 rings (SSSR count). The van der Waals surface area contributed by atoms with E-state index in [1.807, 2.05) is 13.8 Å². The molecule has 10 nitrogen and oxygen atoms in total. The van der Waals surface area contributed by atoms with Gasteiger partial charge in [-0.15, -0.1) is 0 Å². The molecule has 2 aromatic carbocycles. The molecule has 2 N–H and O–H groups in total. The fraction of sp³-hybridized carbons (Fsp3) is 0.375. The van der Waals surface area contributed by atoms with E-state index in [1.54, 1.807) is 46.0 Å². The number of amides is 3. The van der Waals surface area contributed by atoms with Crippen LogP contribution in [-0.2, 0) is 16.0 Å². The first-order valence-corrected chi connectivity index (χ1v) is 13.9. The summed E-state index contributed by atoms with van der Waals surface area (Å²) in [6.45, 7) is 9.28. The molecule has 1 aromatic heterocycles. The van der Waals surface area contributed by atoms with Crippen LogP contribution in [0.2, 0.25) is 0 Å². The van der Waals surface area contributed by atoms with Crippen LogP contribution < -0.4 is 20.3 Å². The van der Waals surface area contributed by atoms with Crippen LogP contribution in [0.3, 0.4) is 0 Å². The third-order valence-corrected chi connectivity index (χ3v) is 6.52. The standard InChI is InChI=1S/C32H35F2N5O5/c1-31(2,3)44-30(42)35-19-32(4,5)12-11-20-7-10-27-26(14-20)38(6)28(40)25(18-43-27)37-29(41)39-17-21(16-36-39)13-22-8-9-23(33)15-24(22)34/h7-10,14-17,25H,13,18-19H2,1-6H3,(H,35,42)(H,37,41). The van der Waals surface area contributed by atoms with Crippen LogP contribution in [0.1, 0.15) is 51.3 Å². The average molecular weight is 608 g/mol. The topological polar surface area (TPSA) is 115 Å². The van der Waals surface area contributed by atoms with Crippen LogP contribution in [-0.4, -0.2) is 59.7 Å². The lowest BCUT2D eigenvalue weighted by Gasteiger charge is -2.23. The molecule has 12 heteroatoms. The number of fused-ring (bicyclic) bond motifs is 1. The molecule has 3 amide bonds. The van der Waals surface area contributed by atoms with Gasteiger partial charge in [0, 0.05) is 43.3 Å². The van der Waals surface area contributed by atoms with E-state index in [9.17, 15) is 23.2 Å². The Kier molecular flexibility index (Phi) is 9.27. The second kappa shape index (κ2) is 12.8. The van der Waals surface area contributed by atoms with Crippen molar-refractivity contribution < 1.29 is 32.6 Å². The van der Waals surface area contributed by atoms with Gasteiger partial charge in [0.25, 0.3) is 5.91 Å². The van der Waals surface area contributed by atoms with Gasteiger partial charge < -0.3 is 25.0 Å². The van der Waals surface area contributed by atoms with E-state index >= 15 is 0 Å². The van der Waals surface area contributed by atoms with Crippen molar-refractivity contribution in [2.75, 3.05) is 25.1 Å². The number of halogens is 2. The lowest BCUT2D eigenvalue weighted by Crippen LogP contribution is -2.50. The Balaban J connectivity index is 1.40. The molecular weight excluding hydrogens is 572 g/mol. The van der Waals surface area contributed by atoms with Crippen molar-refractivity contribution in [3.63, 3.8) is 0 Å². The van der Waals surface area contributed by atoms with Gasteiger partial charge in [0.15, 0.2) is 0 Å². The van der Waals surface area contributed by atoms with E-state index in [0.717, 1.165) is 16.8 Å². The highest BCUT2D eigenvalue weighted by atomic mass is 19.1. The monoisotopic (exact) mass is 607 g/mol. The molecule has 1 aliphatic rings. The predicted octanol–water partition coefficient (Wildman–Crippen LogP) is 4.64. The van der Waals surface area contributed by atoms with Gasteiger partial charge in [0.05, 0.1) is 11.9 Å². The smallest absolute Gasteiger partial charge is 0.407 e. The van der Waals surface area contributed by atoms with Gasteiger partial charge in [-0.05, 0) is 70.0 Å². The van der Waals surface area contributed by atoms with E-state index in [0.29, 0.717) is 22.6 Å². The van der Waals surface area contributed by atoms with Gasteiger partial charge >= 0.3 is 12.1 Å². The van der Waals surface area contributed by atoms with E-state index in [4.69, 9.17) is 9.47 Å². The molecule has 0 saturated heterocycles. The van der Waals surface area contributed by atoms with Crippen LogP contribution in [0.4, 0.5) is 24.1 Å². The van der Waals surface area contributed by atoms with Gasteiger partial charge in [-0.2, -0.15) is 9.78 Å². The summed E-state index contributed by atoms with van der Waals surface area (Å²) >= 11 is 0. The minimum atomic E-state index is -1.02. The summed E-state index contributed by atoms with van der Waals surface area (Å²) in [5.41, 5.74) is 0.703. The molecule has 232 valence electrons. The molecule has 0 saturated carbocycles. The third-order valence-electron chi connectivity index (χ3n) is 6.52. The van der Waals surface area contributed by atoms with Crippen LogP contribution in [0.15, 0.2) is 48.8 Å². The van der Waals surface area contributed by atoms with Gasteiger partial charge in [-0.1, -0.05) is 17.9 Å². The molecule has 44 heavy (non-hydrogen) atoms. The number of likely N-dealkylation sites (N-methyl/N-ethyl adjacent to an activating group) is 1. The average Bonchev–Trinajstić information content (AvgIpc) is 3.38. The fourth-order valence-electron chi connectivity index (χ4n) is 4.24. The molecule has 1 unspecified atom stereocenters. The summed E-state index contributed by atoms with van der Waals surface area (Å²) in [6.07, 6.45) is 2.39. The molecule has 0 spiro atoms. The molecule has 2 heterocycles. The lowest BCUT2D eigenvalue weighted by molar-refractivity contribution is -0.120. The molecule has 3 aromatic rings. The molecule has 0 radical (unpaired) electrons. The molecular formula is C32H35F2N5O5. The molecule has 0 fully saturated rings. The first kappa shape index (κ1) is 32.0. The van der Waals surface area contributed by atoms with Crippen LogP contribution >= 0.6 is 0 Å². The van der Waals surface area contributed by atoms with Gasteiger partial charge in [-0.3, -0.25) is 4.79 Å². The number of rotatable bonds is 5. The predicted molar refractivity (Wildman–Crippen MR) is 159 cm³/mol.